The van der Waals surface area contributed by atoms with Crippen molar-refractivity contribution < 1.29 is 9.90 Å². The molecule has 0 bridgehead atoms. The van der Waals surface area contributed by atoms with Gasteiger partial charge in [-0.2, -0.15) is 4.98 Å². The average molecular weight is 497 g/mol. The molecule has 2 aromatic carbocycles. The summed E-state index contributed by atoms with van der Waals surface area (Å²) in [5.41, 5.74) is 2.03. The molecule has 0 aliphatic rings. The lowest BCUT2D eigenvalue weighted by atomic mass is 10.1. The van der Waals surface area contributed by atoms with Gasteiger partial charge in [-0.1, -0.05) is 35.3 Å². The normalized spacial score (nSPS) is 11.8. The summed E-state index contributed by atoms with van der Waals surface area (Å²) >= 11 is 12.0. The smallest absolute Gasteiger partial charge is 0.255 e. The van der Waals surface area contributed by atoms with Crippen molar-refractivity contribution in [1.29, 1.82) is 0 Å². The third kappa shape index (κ3) is 5.91. The number of nitrogens with one attached hydrogen (secondary N) is 2. The number of nitrogens with zero attached hydrogens (tertiary/aromatic N) is 4. The summed E-state index contributed by atoms with van der Waals surface area (Å²) in [4.78, 5) is 25.8. The molecule has 3 N–H and O–H groups in total. The van der Waals surface area contributed by atoms with Crippen LogP contribution in [0.15, 0.2) is 67.1 Å². The first kappa shape index (κ1) is 23.7. The van der Waals surface area contributed by atoms with E-state index < -0.39 is 6.10 Å². The molecule has 2 heterocycles. The van der Waals surface area contributed by atoms with E-state index in [9.17, 15) is 9.90 Å². The predicted molar refractivity (Wildman–Crippen MR) is 133 cm³/mol. The van der Waals surface area contributed by atoms with Crippen LogP contribution in [0.1, 0.15) is 28.7 Å². The molecule has 1 amide bonds. The number of imidazole rings is 1. The van der Waals surface area contributed by atoms with E-state index in [1.807, 2.05) is 35.0 Å². The van der Waals surface area contributed by atoms with Crippen LogP contribution in [0.25, 0.3) is 5.82 Å². The Morgan fingerprint density at radius 3 is 2.74 bits per heavy atom. The van der Waals surface area contributed by atoms with E-state index in [0.717, 1.165) is 11.4 Å². The fourth-order valence-corrected chi connectivity index (χ4v) is 3.56. The van der Waals surface area contributed by atoms with Crippen LogP contribution < -0.4 is 10.6 Å². The van der Waals surface area contributed by atoms with Gasteiger partial charge in [-0.15, -0.1) is 0 Å². The quantitative estimate of drug-likeness (QED) is 0.329. The summed E-state index contributed by atoms with van der Waals surface area (Å²) in [6, 6.07) is 14.1. The van der Waals surface area contributed by atoms with Crippen molar-refractivity contribution in [2.75, 3.05) is 17.2 Å². The van der Waals surface area contributed by atoms with Crippen LogP contribution in [0.2, 0.25) is 10.0 Å². The van der Waals surface area contributed by atoms with Crippen molar-refractivity contribution in [3.63, 3.8) is 0 Å². The van der Waals surface area contributed by atoms with Crippen LogP contribution >= 0.6 is 23.2 Å². The van der Waals surface area contributed by atoms with Crippen molar-refractivity contribution in [1.82, 2.24) is 19.5 Å². The summed E-state index contributed by atoms with van der Waals surface area (Å²) in [5, 5.41) is 16.1. The molecule has 0 unspecified atom stereocenters. The van der Waals surface area contributed by atoms with E-state index in [4.69, 9.17) is 23.2 Å². The van der Waals surface area contributed by atoms with Crippen LogP contribution in [0, 0.1) is 0 Å². The zero-order valence-corrected chi connectivity index (χ0v) is 19.8. The van der Waals surface area contributed by atoms with Crippen LogP contribution in [0.4, 0.5) is 11.6 Å². The Labute approximate surface area is 206 Å². The molecule has 0 radical (unpaired) electrons. The summed E-state index contributed by atoms with van der Waals surface area (Å²) in [7, 11) is 0. The molecule has 8 nitrogen and oxygen atoms in total. The monoisotopic (exact) mass is 496 g/mol. The highest BCUT2D eigenvalue weighted by molar-refractivity contribution is 6.42. The minimum atomic E-state index is -0.513. The summed E-state index contributed by atoms with van der Waals surface area (Å²) in [5.74, 6) is 1.56. The standard InChI is InChI=1S/C24H22Cl2N6O2/c1-15(33)14-29-24-28-8-7-21(31-24)32-10-9-27-22(32)12-16-3-2-4-18(11-16)30-23(34)17-5-6-19(25)20(26)13-17/h2-11,13,15,33H,12,14H2,1H3,(H,30,34)(H,28,29,31)/t15-/m0/s1. The molecule has 34 heavy (non-hydrogen) atoms. The zero-order chi connectivity index (χ0) is 24.1. The number of hydrogen-bond donors (Lipinski definition) is 3. The lowest BCUT2D eigenvalue weighted by Crippen LogP contribution is -2.17. The van der Waals surface area contributed by atoms with E-state index >= 15 is 0 Å². The van der Waals surface area contributed by atoms with Gasteiger partial charge in [0.2, 0.25) is 5.95 Å². The highest BCUT2D eigenvalue weighted by Crippen LogP contribution is 2.23. The van der Waals surface area contributed by atoms with Crippen LogP contribution in [-0.2, 0) is 6.42 Å². The second-order valence-electron chi connectivity index (χ2n) is 7.64. The van der Waals surface area contributed by atoms with Gasteiger partial charge < -0.3 is 15.7 Å². The molecule has 4 aromatic rings. The molecule has 0 spiro atoms. The molecular weight excluding hydrogens is 475 g/mol. The Morgan fingerprint density at radius 1 is 1.09 bits per heavy atom. The van der Waals surface area contributed by atoms with Crippen LogP contribution in [-0.4, -0.2) is 43.2 Å². The van der Waals surface area contributed by atoms with E-state index in [1.54, 1.807) is 37.5 Å². The minimum Gasteiger partial charge on any atom is -0.392 e. The lowest BCUT2D eigenvalue weighted by molar-refractivity contribution is 0.102. The number of amides is 1. The minimum absolute atomic E-state index is 0.282. The molecule has 2 aromatic heterocycles. The van der Waals surface area contributed by atoms with Crippen molar-refractivity contribution in [2.45, 2.75) is 19.4 Å². The van der Waals surface area contributed by atoms with Crippen molar-refractivity contribution >= 4 is 40.7 Å². The number of rotatable bonds is 8. The summed E-state index contributed by atoms with van der Waals surface area (Å²) < 4.78 is 1.87. The number of hydrogen-bond acceptors (Lipinski definition) is 6. The van der Waals surface area contributed by atoms with Crippen molar-refractivity contribution in [2.24, 2.45) is 0 Å². The first-order chi connectivity index (χ1) is 16.4. The molecule has 0 aliphatic carbocycles. The molecule has 174 valence electrons. The van der Waals surface area contributed by atoms with Crippen LogP contribution in [0.5, 0.6) is 0 Å². The first-order valence-corrected chi connectivity index (χ1v) is 11.3. The second-order valence-corrected chi connectivity index (χ2v) is 8.46. The number of anilines is 2. The SMILES string of the molecule is C[C@H](O)CNc1nccc(-n2ccnc2Cc2cccc(NC(=O)c3ccc(Cl)c(Cl)c3)c2)n1. The van der Waals surface area contributed by atoms with Gasteiger partial charge in [-0.3, -0.25) is 9.36 Å². The average Bonchev–Trinajstić information content (AvgIpc) is 3.28. The molecule has 1 atom stereocenters. The summed E-state index contributed by atoms with van der Waals surface area (Å²) in [6.07, 6.45) is 5.18. The Balaban J connectivity index is 1.49. The topological polar surface area (TPSA) is 105 Å². The van der Waals surface area contributed by atoms with Crippen LogP contribution in [0.3, 0.4) is 0 Å². The Bertz CT molecular complexity index is 1310. The van der Waals surface area contributed by atoms with E-state index in [1.165, 1.54) is 6.07 Å². The fourth-order valence-electron chi connectivity index (χ4n) is 3.26. The number of aliphatic hydroxyl groups is 1. The Kier molecular flexibility index (Phi) is 7.42. The number of benzene rings is 2. The number of carbonyl (C=O) groups excluding carboxylic acids is 1. The molecular formula is C24H22Cl2N6O2. The Hall–Kier alpha value is -3.46. The van der Waals surface area contributed by atoms with Gasteiger partial charge >= 0.3 is 0 Å². The van der Waals surface area contributed by atoms with Gasteiger partial charge in [0, 0.05) is 42.8 Å². The third-order valence-corrected chi connectivity index (χ3v) is 5.63. The zero-order valence-electron chi connectivity index (χ0n) is 18.2. The third-order valence-electron chi connectivity index (χ3n) is 4.89. The van der Waals surface area contributed by atoms with Gasteiger partial charge in [-0.05, 0) is 48.9 Å². The first-order valence-electron chi connectivity index (χ1n) is 10.5. The molecule has 0 fully saturated rings. The van der Waals surface area contributed by atoms with Gasteiger partial charge in [0.25, 0.3) is 5.91 Å². The lowest BCUT2D eigenvalue weighted by Gasteiger charge is -2.11. The number of aromatic nitrogens is 4. The maximum Gasteiger partial charge on any atom is 0.255 e. The van der Waals surface area contributed by atoms with Gasteiger partial charge in [0.1, 0.15) is 11.6 Å². The van der Waals surface area contributed by atoms with E-state index in [0.29, 0.717) is 46.0 Å². The molecule has 10 heteroatoms. The number of halogens is 2. The second kappa shape index (κ2) is 10.6. The predicted octanol–water partition coefficient (Wildman–Crippen LogP) is 4.60. The molecule has 4 rings (SSSR count). The molecule has 0 saturated heterocycles. The summed E-state index contributed by atoms with van der Waals surface area (Å²) in [6.45, 7) is 2.03. The molecule has 0 saturated carbocycles. The highest BCUT2D eigenvalue weighted by Gasteiger charge is 2.12. The van der Waals surface area contributed by atoms with Crippen molar-refractivity contribution in [3.8, 4) is 5.82 Å². The maximum absolute atomic E-state index is 12.6. The Morgan fingerprint density at radius 2 is 1.94 bits per heavy atom. The fraction of sp³-hybridized carbons (Fsp3) is 0.167. The van der Waals surface area contributed by atoms with Gasteiger partial charge in [0.15, 0.2) is 0 Å². The maximum atomic E-state index is 12.6. The van der Waals surface area contributed by atoms with Gasteiger partial charge in [-0.25, -0.2) is 9.97 Å². The largest absolute Gasteiger partial charge is 0.392 e. The molecule has 0 aliphatic heterocycles. The van der Waals surface area contributed by atoms with E-state index in [-0.39, 0.29) is 5.91 Å². The van der Waals surface area contributed by atoms with E-state index in [2.05, 4.69) is 25.6 Å². The number of aliphatic hydroxyl groups excluding tert-OH is 1. The number of carbonyl (C=O) groups is 1. The van der Waals surface area contributed by atoms with Crippen molar-refractivity contribution in [3.05, 3.63) is 94.1 Å². The van der Waals surface area contributed by atoms with Gasteiger partial charge in [0.05, 0.1) is 16.1 Å². The highest BCUT2D eigenvalue weighted by atomic mass is 35.5.